The first-order chi connectivity index (χ1) is 9.58. The van der Waals surface area contributed by atoms with Crippen molar-refractivity contribution < 1.29 is 0 Å². The van der Waals surface area contributed by atoms with Crippen LogP contribution in [0.4, 0.5) is 0 Å². The van der Waals surface area contributed by atoms with Gasteiger partial charge in [0.05, 0.1) is 6.04 Å². The fourth-order valence-corrected chi connectivity index (χ4v) is 3.29. The molecule has 0 aliphatic heterocycles. The predicted molar refractivity (Wildman–Crippen MR) is 85.9 cm³/mol. The minimum atomic E-state index is 0.0785. The molecule has 1 heterocycles. The summed E-state index contributed by atoms with van der Waals surface area (Å²) in [5.74, 6) is 1.16. The number of hydrogen-bond acceptors (Lipinski definition) is 3. The van der Waals surface area contributed by atoms with Crippen LogP contribution < -0.4 is 5.32 Å². The molecule has 0 saturated heterocycles. The van der Waals surface area contributed by atoms with Gasteiger partial charge in [-0.3, -0.25) is 4.90 Å². The Kier molecular flexibility index (Phi) is 6.69. The summed E-state index contributed by atoms with van der Waals surface area (Å²) in [4.78, 5) is 7.19. The molecule has 0 spiro atoms. The molecule has 0 amide bonds. The molecule has 0 fully saturated rings. The minimum absolute atomic E-state index is 0.0785. The summed E-state index contributed by atoms with van der Waals surface area (Å²) >= 11 is 0. The SMILES string of the molecule is CCCn1ccnc1C(NC)C(C)(CC)N(CC)CC. The number of hydrogen-bond donors (Lipinski definition) is 1. The molecule has 4 nitrogen and oxygen atoms in total. The van der Waals surface area contributed by atoms with Gasteiger partial charge in [0, 0.05) is 24.5 Å². The van der Waals surface area contributed by atoms with E-state index in [1.807, 2.05) is 13.2 Å². The summed E-state index contributed by atoms with van der Waals surface area (Å²) in [5.41, 5.74) is 0.0785. The Morgan fingerprint density at radius 1 is 1.30 bits per heavy atom. The van der Waals surface area contributed by atoms with Crippen LogP contribution in [-0.4, -0.2) is 40.1 Å². The number of likely N-dealkylation sites (N-methyl/N-ethyl adjacent to an activating group) is 2. The third-order valence-electron chi connectivity index (χ3n) is 4.58. The second-order valence-electron chi connectivity index (χ2n) is 5.58. The molecule has 20 heavy (non-hydrogen) atoms. The third kappa shape index (κ3) is 3.23. The summed E-state index contributed by atoms with van der Waals surface area (Å²) in [6, 6.07) is 0.244. The van der Waals surface area contributed by atoms with Crippen LogP contribution in [0.15, 0.2) is 12.4 Å². The second kappa shape index (κ2) is 7.79. The first-order valence-electron chi connectivity index (χ1n) is 8.02. The fraction of sp³-hybridized carbons (Fsp3) is 0.812. The average Bonchev–Trinajstić information content (AvgIpc) is 2.89. The molecule has 1 rings (SSSR count). The van der Waals surface area contributed by atoms with Gasteiger partial charge in [0.25, 0.3) is 0 Å². The standard InChI is InChI=1S/C16H32N4/c1-7-12-19-13-11-18-15(19)14(17-6)16(5,8-2)20(9-3)10-4/h11,13-14,17H,7-10,12H2,1-6H3. The third-order valence-corrected chi connectivity index (χ3v) is 4.58. The fourth-order valence-electron chi connectivity index (χ4n) is 3.29. The van der Waals surface area contributed by atoms with Crippen molar-refractivity contribution >= 4 is 0 Å². The Balaban J connectivity index is 3.17. The summed E-state index contributed by atoms with van der Waals surface area (Å²) < 4.78 is 2.29. The van der Waals surface area contributed by atoms with Crippen LogP contribution in [0, 0.1) is 0 Å². The van der Waals surface area contributed by atoms with Crippen molar-refractivity contribution in [2.24, 2.45) is 0 Å². The van der Waals surface area contributed by atoms with Crippen LogP contribution in [0.2, 0.25) is 0 Å². The zero-order chi connectivity index (χ0) is 15.2. The summed E-state index contributed by atoms with van der Waals surface area (Å²) in [6.45, 7) is 14.5. The van der Waals surface area contributed by atoms with Gasteiger partial charge in [0.1, 0.15) is 5.82 Å². The van der Waals surface area contributed by atoms with Crippen molar-refractivity contribution in [1.29, 1.82) is 0 Å². The number of aryl methyl sites for hydroxylation is 1. The van der Waals surface area contributed by atoms with E-state index in [1.165, 1.54) is 0 Å². The molecule has 0 aromatic carbocycles. The van der Waals surface area contributed by atoms with Gasteiger partial charge in [-0.25, -0.2) is 4.98 Å². The lowest BCUT2D eigenvalue weighted by atomic mass is 9.86. The number of rotatable bonds is 9. The van der Waals surface area contributed by atoms with E-state index in [0.717, 1.165) is 38.3 Å². The van der Waals surface area contributed by atoms with Gasteiger partial charge in [-0.05, 0) is 39.9 Å². The highest BCUT2D eigenvalue weighted by atomic mass is 15.2. The van der Waals surface area contributed by atoms with Gasteiger partial charge in [0.2, 0.25) is 0 Å². The molecule has 0 bridgehead atoms. The molecule has 0 radical (unpaired) electrons. The van der Waals surface area contributed by atoms with Crippen molar-refractivity contribution in [3.63, 3.8) is 0 Å². The number of nitrogens with one attached hydrogen (secondary N) is 1. The molecular weight excluding hydrogens is 248 g/mol. The van der Waals surface area contributed by atoms with E-state index in [9.17, 15) is 0 Å². The van der Waals surface area contributed by atoms with Crippen molar-refractivity contribution in [1.82, 2.24) is 19.8 Å². The molecule has 1 N–H and O–H groups in total. The van der Waals surface area contributed by atoms with Crippen molar-refractivity contribution in [3.8, 4) is 0 Å². The van der Waals surface area contributed by atoms with E-state index in [2.05, 4.69) is 60.6 Å². The number of aromatic nitrogens is 2. The first-order valence-corrected chi connectivity index (χ1v) is 8.02. The largest absolute Gasteiger partial charge is 0.334 e. The number of imidazole rings is 1. The zero-order valence-electron chi connectivity index (χ0n) is 14.1. The number of nitrogens with zero attached hydrogens (tertiary/aromatic N) is 3. The molecule has 1 aromatic rings. The van der Waals surface area contributed by atoms with Gasteiger partial charge in [0.15, 0.2) is 0 Å². The summed E-state index contributed by atoms with van der Waals surface area (Å²) in [7, 11) is 2.05. The second-order valence-corrected chi connectivity index (χ2v) is 5.58. The highest BCUT2D eigenvalue weighted by molar-refractivity contribution is 5.09. The van der Waals surface area contributed by atoms with Gasteiger partial charge in [-0.2, -0.15) is 0 Å². The van der Waals surface area contributed by atoms with Crippen LogP contribution in [0.25, 0.3) is 0 Å². The lowest BCUT2D eigenvalue weighted by Gasteiger charge is -2.45. The molecule has 2 unspecified atom stereocenters. The van der Waals surface area contributed by atoms with Crippen LogP contribution in [-0.2, 0) is 6.54 Å². The predicted octanol–water partition coefficient (Wildman–Crippen LogP) is 3.06. The Labute approximate surface area is 124 Å². The van der Waals surface area contributed by atoms with E-state index < -0.39 is 0 Å². The lowest BCUT2D eigenvalue weighted by Crippen LogP contribution is -2.54. The lowest BCUT2D eigenvalue weighted by molar-refractivity contribution is 0.0682. The van der Waals surface area contributed by atoms with Crippen molar-refractivity contribution in [2.45, 2.75) is 65.6 Å². The van der Waals surface area contributed by atoms with Crippen LogP contribution >= 0.6 is 0 Å². The van der Waals surface area contributed by atoms with Crippen LogP contribution in [0.5, 0.6) is 0 Å². The molecular formula is C16H32N4. The van der Waals surface area contributed by atoms with Crippen LogP contribution in [0.3, 0.4) is 0 Å². The maximum Gasteiger partial charge on any atom is 0.127 e. The maximum absolute atomic E-state index is 4.64. The summed E-state index contributed by atoms with van der Waals surface area (Å²) in [5, 5.41) is 3.52. The summed E-state index contributed by atoms with van der Waals surface area (Å²) in [6.07, 6.45) is 6.25. The smallest absolute Gasteiger partial charge is 0.127 e. The minimum Gasteiger partial charge on any atom is -0.334 e. The topological polar surface area (TPSA) is 33.1 Å². The normalized spacial score (nSPS) is 16.4. The molecule has 4 heteroatoms. The van der Waals surface area contributed by atoms with Crippen LogP contribution in [0.1, 0.15) is 59.3 Å². The van der Waals surface area contributed by atoms with E-state index >= 15 is 0 Å². The van der Waals surface area contributed by atoms with E-state index in [4.69, 9.17) is 0 Å². The van der Waals surface area contributed by atoms with Crippen molar-refractivity contribution in [3.05, 3.63) is 18.2 Å². The maximum atomic E-state index is 4.64. The Morgan fingerprint density at radius 3 is 2.40 bits per heavy atom. The molecule has 1 aromatic heterocycles. The Hall–Kier alpha value is -0.870. The van der Waals surface area contributed by atoms with Gasteiger partial charge < -0.3 is 9.88 Å². The van der Waals surface area contributed by atoms with Gasteiger partial charge in [-0.1, -0.05) is 27.7 Å². The molecule has 0 saturated carbocycles. The quantitative estimate of drug-likeness (QED) is 0.754. The van der Waals surface area contributed by atoms with Gasteiger partial charge >= 0.3 is 0 Å². The molecule has 2 atom stereocenters. The monoisotopic (exact) mass is 280 g/mol. The highest BCUT2D eigenvalue weighted by Crippen LogP contribution is 2.33. The first kappa shape index (κ1) is 17.2. The Morgan fingerprint density at radius 2 is 1.95 bits per heavy atom. The molecule has 0 aliphatic rings. The molecule has 116 valence electrons. The van der Waals surface area contributed by atoms with Gasteiger partial charge in [-0.15, -0.1) is 0 Å². The zero-order valence-corrected chi connectivity index (χ0v) is 14.1. The average molecular weight is 280 g/mol. The van der Waals surface area contributed by atoms with E-state index in [-0.39, 0.29) is 11.6 Å². The molecule has 0 aliphatic carbocycles. The Bertz CT molecular complexity index is 384. The highest BCUT2D eigenvalue weighted by Gasteiger charge is 2.39. The van der Waals surface area contributed by atoms with E-state index in [1.54, 1.807) is 0 Å². The van der Waals surface area contributed by atoms with E-state index in [0.29, 0.717) is 0 Å². The van der Waals surface area contributed by atoms with Crippen molar-refractivity contribution in [2.75, 3.05) is 20.1 Å².